The normalized spacial score (nSPS) is 12.9. The molecule has 0 aliphatic carbocycles. The van der Waals surface area contributed by atoms with Crippen LogP contribution in [0.4, 0.5) is 5.69 Å². The summed E-state index contributed by atoms with van der Waals surface area (Å²) in [6.45, 7) is 5.95. The molecular weight excluding hydrogens is 352 g/mol. The van der Waals surface area contributed by atoms with Gasteiger partial charge in [0.2, 0.25) is 0 Å². The monoisotopic (exact) mass is 374 g/mol. The minimum atomic E-state index is -0.900. The van der Waals surface area contributed by atoms with Crippen LogP contribution in [0.1, 0.15) is 25.0 Å². The summed E-state index contributed by atoms with van der Waals surface area (Å²) in [7, 11) is 0. The van der Waals surface area contributed by atoms with Crippen molar-refractivity contribution < 1.29 is 14.6 Å². The van der Waals surface area contributed by atoms with Crippen molar-refractivity contribution in [3.05, 3.63) is 77.3 Å². The third kappa shape index (κ3) is 5.88. The topological polar surface area (TPSA) is 70.6 Å². The van der Waals surface area contributed by atoms with Crippen molar-refractivity contribution in [3.63, 3.8) is 0 Å². The van der Waals surface area contributed by atoms with E-state index in [-0.39, 0.29) is 13.0 Å². The molecule has 2 rings (SSSR count). The molecule has 0 aliphatic heterocycles. The van der Waals surface area contributed by atoms with Gasteiger partial charge in [0.1, 0.15) is 6.04 Å². The minimum Gasteiger partial charge on any atom is -0.465 e. The van der Waals surface area contributed by atoms with Crippen LogP contribution in [0, 0.1) is 0 Å². The van der Waals surface area contributed by atoms with Crippen LogP contribution in [0.5, 0.6) is 0 Å². The summed E-state index contributed by atoms with van der Waals surface area (Å²) in [6, 6.07) is 15.6. The number of rotatable bonds is 9. The maximum Gasteiger partial charge on any atom is 0.325 e. The average molecular weight is 375 g/mol. The number of nitrogens with one attached hydrogen (secondary N) is 2. The molecule has 138 valence electrons. The van der Waals surface area contributed by atoms with Gasteiger partial charge in [0, 0.05) is 10.7 Å². The van der Waals surface area contributed by atoms with E-state index in [0.717, 1.165) is 5.69 Å². The molecule has 0 aliphatic rings. The SMILES string of the molecule is C=C(CC(NNc1ccccc1)C(=O)OCC)C(O)c1ccc(Cl)cc1. The van der Waals surface area contributed by atoms with E-state index in [1.165, 1.54) is 0 Å². The molecule has 0 amide bonds. The van der Waals surface area contributed by atoms with Crippen LogP contribution in [0.15, 0.2) is 66.7 Å². The molecule has 0 saturated heterocycles. The number of hydrazine groups is 1. The Kier molecular flexibility index (Phi) is 7.66. The molecule has 2 aromatic carbocycles. The van der Waals surface area contributed by atoms with Gasteiger partial charge in [-0.1, -0.05) is 48.5 Å². The molecule has 0 heterocycles. The number of benzene rings is 2. The highest BCUT2D eigenvalue weighted by Gasteiger charge is 2.23. The number of aliphatic hydroxyl groups is 1. The van der Waals surface area contributed by atoms with E-state index >= 15 is 0 Å². The summed E-state index contributed by atoms with van der Waals surface area (Å²) < 4.78 is 5.11. The number of ether oxygens (including phenoxy) is 1. The Hall–Kier alpha value is -2.34. The number of aliphatic hydroxyl groups excluding tert-OH is 1. The lowest BCUT2D eigenvalue weighted by Crippen LogP contribution is -2.42. The number of carbonyl (C=O) groups excluding carboxylic acids is 1. The van der Waals surface area contributed by atoms with Gasteiger partial charge in [-0.15, -0.1) is 0 Å². The van der Waals surface area contributed by atoms with Crippen molar-refractivity contribution in [1.82, 2.24) is 5.43 Å². The molecule has 0 radical (unpaired) electrons. The molecule has 5 nitrogen and oxygen atoms in total. The van der Waals surface area contributed by atoms with Crippen molar-refractivity contribution in [2.45, 2.75) is 25.5 Å². The number of para-hydroxylation sites is 1. The van der Waals surface area contributed by atoms with Gasteiger partial charge in [0.05, 0.1) is 12.7 Å². The summed E-state index contributed by atoms with van der Waals surface area (Å²) in [4.78, 5) is 12.2. The molecule has 3 N–H and O–H groups in total. The first-order valence-corrected chi connectivity index (χ1v) is 8.73. The second-order valence-corrected chi connectivity index (χ2v) is 6.19. The van der Waals surface area contributed by atoms with E-state index in [2.05, 4.69) is 17.4 Å². The summed E-state index contributed by atoms with van der Waals surface area (Å²) >= 11 is 5.87. The molecule has 0 saturated carbocycles. The van der Waals surface area contributed by atoms with E-state index in [1.54, 1.807) is 31.2 Å². The first kappa shape index (κ1) is 20.0. The predicted octanol–water partition coefficient (Wildman–Crippen LogP) is 3.87. The molecule has 2 aromatic rings. The highest BCUT2D eigenvalue weighted by Crippen LogP contribution is 2.25. The summed E-state index contributed by atoms with van der Waals surface area (Å²) in [5.74, 6) is -0.416. The summed E-state index contributed by atoms with van der Waals surface area (Å²) in [5.41, 5.74) is 7.90. The zero-order valence-electron chi connectivity index (χ0n) is 14.6. The molecule has 2 unspecified atom stereocenters. The van der Waals surface area contributed by atoms with E-state index < -0.39 is 18.1 Å². The number of hydrogen-bond donors (Lipinski definition) is 3. The average Bonchev–Trinajstić information content (AvgIpc) is 2.66. The van der Waals surface area contributed by atoms with E-state index in [9.17, 15) is 9.90 Å². The van der Waals surface area contributed by atoms with Crippen molar-refractivity contribution in [2.24, 2.45) is 0 Å². The van der Waals surface area contributed by atoms with Crippen molar-refractivity contribution in [2.75, 3.05) is 12.0 Å². The van der Waals surface area contributed by atoms with Gasteiger partial charge in [-0.25, -0.2) is 5.43 Å². The number of hydrogen-bond acceptors (Lipinski definition) is 5. The van der Waals surface area contributed by atoms with Crippen molar-refractivity contribution in [3.8, 4) is 0 Å². The highest BCUT2D eigenvalue weighted by molar-refractivity contribution is 6.30. The Labute approximate surface area is 158 Å². The second kappa shape index (κ2) is 9.97. The standard InChI is InChI=1S/C20H23ClN2O3/c1-3-26-20(25)18(23-22-17-7-5-4-6-8-17)13-14(2)19(24)15-9-11-16(21)12-10-15/h4-12,18-19,22-24H,2-3,13H2,1H3. The molecule has 0 fully saturated rings. The lowest BCUT2D eigenvalue weighted by Gasteiger charge is -2.22. The number of esters is 1. The largest absolute Gasteiger partial charge is 0.465 e. The quantitative estimate of drug-likeness (QED) is 0.353. The molecular formula is C20H23ClN2O3. The molecule has 0 spiro atoms. The molecule has 26 heavy (non-hydrogen) atoms. The van der Waals surface area contributed by atoms with E-state index in [4.69, 9.17) is 16.3 Å². The van der Waals surface area contributed by atoms with Crippen molar-refractivity contribution in [1.29, 1.82) is 0 Å². The van der Waals surface area contributed by atoms with Crippen LogP contribution in [0.3, 0.4) is 0 Å². The van der Waals surface area contributed by atoms with Gasteiger partial charge in [-0.2, -0.15) is 0 Å². The van der Waals surface area contributed by atoms with Gasteiger partial charge in [-0.3, -0.25) is 4.79 Å². The third-order valence-electron chi connectivity index (χ3n) is 3.77. The fraction of sp³-hybridized carbons (Fsp3) is 0.250. The number of carbonyl (C=O) groups is 1. The Morgan fingerprint density at radius 3 is 2.46 bits per heavy atom. The van der Waals surface area contributed by atoms with Crippen LogP contribution >= 0.6 is 11.6 Å². The van der Waals surface area contributed by atoms with Gasteiger partial charge in [-0.05, 0) is 48.7 Å². The Morgan fingerprint density at radius 2 is 1.85 bits per heavy atom. The van der Waals surface area contributed by atoms with E-state index in [1.807, 2.05) is 30.3 Å². The third-order valence-corrected chi connectivity index (χ3v) is 4.03. The lowest BCUT2D eigenvalue weighted by molar-refractivity contribution is -0.145. The van der Waals surface area contributed by atoms with Crippen LogP contribution in [-0.2, 0) is 9.53 Å². The second-order valence-electron chi connectivity index (χ2n) is 5.76. The molecule has 0 aromatic heterocycles. The zero-order chi connectivity index (χ0) is 18.9. The van der Waals surface area contributed by atoms with Crippen molar-refractivity contribution >= 4 is 23.3 Å². The van der Waals surface area contributed by atoms with Crippen LogP contribution in [0.2, 0.25) is 5.02 Å². The highest BCUT2D eigenvalue weighted by atomic mass is 35.5. The Morgan fingerprint density at radius 1 is 1.19 bits per heavy atom. The first-order valence-electron chi connectivity index (χ1n) is 8.35. The minimum absolute atomic E-state index is 0.211. The first-order chi connectivity index (χ1) is 12.5. The summed E-state index contributed by atoms with van der Waals surface area (Å²) in [6.07, 6.45) is -0.689. The lowest BCUT2D eigenvalue weighted by atomic mass is 9.97. The maximum atomic E-state index is 12.2. The smallest absolute Gasteiger partial charge is 0.325 e. The fourth-order valence-corrected chi connectivity index (χ4v) is 2.51. The number of halogens is 1. The maximum absolute atomic E-state index is 12.2. The Balaban J connectivity index is 2.03. The fourth-order valence-electron chi connectivity index (χ4n) is 2.38. The zero-order valence-corrected chi connectivity index (χ0v) is 15.4. The van der Waals surface area contributed by atoms with Gasteiger partial charge in [0.15, 0.2) is 0 Å². The van der Waals surface area contributed by atoms with Crippen LogP contribution in [0.25, 0.3) is 0 Å². The van der Waals surface area contributed by atoms with Gasteiger partial charge >= 0.3 is 5.97 Å². The molecule has 2 atom stereocenters. The molecule has 0 bridgehead atoms. The number of anilines is 1. The summed E-state index contributed by atoms with van der Waals surface area (Å²) in [5, 5.41) is 11.1. The van der Waals surface area contributed by atoms with Crippen LogP contribution < -0.4 is 10.9 Å². The van der Waals surface area contributed by atoms with E-state index in [0.29, 0.717) is 16.2 Å². The Bertz CT molecular complexity index is 720. The van der Waals surface area contributed by atoms with Crippen LogP contribution in [-0.4, -0.2) is 23.7 Å². The van der Waals surface area contributed by atoms with Gasteiger partial charge in [0.25, 0.3) is 0 Å². The van der Waals surface area contributed by atoms with Gasteiger partial charge < -0.3 is 15.3 Å². The molecule has 6 heteroatoms. The predicted molar refractivity (Wildman–Crippen MR) is 104 cm³/mol.